The molecule has 0 bridgehead atoms. The molecule has 10 heavy (non-hydrogen) atoms. The van der Waals surface area contributed by atoms with Crippen molar-refractivity contribution in [2.45, 2.75) is 26.2 Å². The maximum Gasteiger partial charge on any atom is 0.0502 e. The largest absolute Gasteiger partial charge is 0.366 e. The van der Waals surface area contributed by atoms with Gasteiger partial charge in [-0.05, 0) is 18.8 Å². The molecule has 0 rings (SSSR count). The molecule has 0 aliphatic rings. The van der Waals surface area contributed by atoms with Crippen LogP contribution in [0.1, 0.15) is 26.2 Å². The van der Waals surface area contributed by atoms with Crippen LogP contribution in [0.5, 0.6) is 0 Å². The van der Waals surface area contributed by atoms with Crippen molar-refractivity contribution in [1.29, 1.82) is 0 Å². The minimum atomic E-state index is 0.644. The molecule has 0 aromatic carbocycles. The highest BCUT2D eigenvalue weighted by atomic mass is 31.0. The van der Waals surface area contributed by atoms with Gasteiger partial charge >= 0.3 is 0 Å². The molecule has 0 spiro atoms. The molecule has 0 heterocycles. The summed E-state index contributed by atoms with van der Waals surface area (Å²) in [4.78, 5) is 0. The molecular formula is C8H15OP. The van der Waals surface area contributed by atoms with Crippen LogP contribution in [0.4, 0.5) is 0 Å². The second-order valence-corrected chi connectivity index (χ2v) is 2.86. The second-order valence-electron chi connectivity index (χ2n) is 2.53. The van der Waals surface area contributed by atoms with Crippen molar-refractivity contribution in [3.05, 3.63) is 0 Å². The van der Waals surface area contributed by atoms with Crippen molar-refractivity contribution in [2.75, 3.05) is 6.61 Å². The molecule has 1 nitrogen and oxygen atoms in total. The van der Waals surface area contributed by atoms with Crippen LogP contribution in [0.2, 0.25) is 0 Å². The summed E-state index contributed by atoms with van der Waals surface area (Å²) >= 11 is 0. The molecule has 0 fully saturated rings. The van der Waals surface area contributed by atoms with Gasteiger partial charge in [0.25, 0.3) is 0 Å². The van der Waals surface area contributed by atoms with Crippen molar-refractivity contribution >= 4 is 9.47 Å². The normalized spacial score (nSPS) is 12.5. The van der Waals surface area contributed by atoms with E-state index in [0.29, 0.717) is 5.92 Å². The molecule has 0 radical (unpaired) electrons. The zero-order valence-electron chi connectivity index (χ0n) is 6.47. The van der Waals surface area contributed by atoms with Crippen LogP contribution >= 0.6 is 9.47 Å². The Kier molecular flexibility index (Phi) is 7.03. The lowest BCUT2D eigenvalue weighted by Crippen LogP contribution is -1.94. The SMILES string of the molecule is C#CC[C@H](C)CCCOP. The first kappa shape index (κ1) is 9.95. The van der Waals surface area contributed by atoms with Gasteiger partial charge in [-0.1, -0.05) is 6.92 Å². The van der Waals surface area contributed by atoms with E-state index in [4.69, 9.17) is 10.9 Å². The fraction of sp³-hybridized carbons (Fsp3) is 0.750. The summed E-state index contributed by atoms with van der Waals surface area (Å²) in [5.74, 6) is 3.29. The Morgan fingerprint density at radius 2 is 2.40 bits per heavy atom. The van der Waals surface area contributed by atoms with Crippen molar-refractivity contribution in [3.63, 3.8) is 0 Å². The highest BCUT2D eigenvalue weighted by Crippen LogP contribution is 2.09. The van der Waals surface area contributed by atoms with Gasteiger partial charge < -0.3 is 4.52 Å². The lowest BCUT2D eigenvalue weighted by atomic mass is 10.0. The summed E-state index contributed by atoms with van der Waals surface area (Å²) in [6.07, 6.45) is 8.30. The molecule has 1 unspecified atom stereocenters. The summed E-state index contributed by atoms with van der Waals surface area (Å²) in [6, 6.07) is 0. The third-order valence-corrected chi connectivity index (χ3v) is 1.66. The molecule has 0 saturated heterocycles. The number of terminal acetylenes is 1. The van der Waals surface area contributed by atoms with E-state index >= 15 is 0 Å². The summed E-state index contributed by atoms with van der Waals surface area (Å²) in [6.45, 7) is 2.99. The highest BCUT2D eigenvalue weighted by Gasteiger charge is 1.97. The Balaban J connectivity index is 3.06. The van der Waals surface area contributed by atoms with Gasteiger partial charge in [0.05, 0.1) is 6.61 Å². The third-order valence-electron chi connectivity index (χ3n) is 1.43. The predicted molar refractivity (Wildman–Crippen MR) is 47.5 cm³/mol. The first-order valence-corrected chi connectivity index (χ1v) is 4.03. The Morgan fingerprint density at radius 1 is 1.70 bits per heavy atom. The first-order chi connectivity index (χ1) is 4.81. The zero-order chi connectivity index (χ0) is 7.82. The van der Waals surface area contributed by atoms with Crippen LogP contribution in [0.15, 0.2) is 0 Å². The van der Waals surface area contributed by atoms with Gasteiger partial charge in [0.1, 0.15) is 0 Å². The molecule has 58 valence electrons. The van der Waals surface area contributed by atoms with Gasteiger partial charge in [-0.2, -0.15) is 0 Å². The molecule has 0 N–H and O–H groups in total. The van der Waals surface area contributed by atoms with E-state index < -0.39 is 0 Å². The maximum absolute atomic E-state index is 5.15. The monoisotopic (exact) mass is 158 g/mol. The van der Waals surface area contributed by atoms with E-state index in [-0.39, 0.29) is 0 Å². The molecule has 0 amide bonds. The Labute approximate surface area is 65.8 Å². The van der Waals surface area contributed by atoms with Crippen LogP contribution in [0, 0.1) is 18.3 Å². The van der Waals surface area contributed by atoms with Crippen molar-refractivity contribution < 1.29 is 4.52 Å². The predicted octanol–water partition coefficient (Wildman–Crippen LogP) is 2.23. The van der Waals surface area contributed by atoms with Crippen LogP contribution < -0.4 is 0 Å². The van der Waals surface area contributed by atoms with E-state index in [1.165, 1.54) is 6.42 Å². The van der Waals surface area contributed by atoms with Gasteiger partial charge in [-0.3, -0.25) is 0 Å². The quantitative estimate of drug-likeness (QED) is 0.338. The van der Waals surface area contributed by atoms with E-state index in [0.717, 1.165) is 19.4 Å². The molecule has 0 aliphatic carbocycles. The van der Waals surface area contributed by atoms with Gasteiger partial charge in [-0.25, -0.2) is 0 Å². The standard InChI is InChI=1S/C8H15OP/c1-3-5-8(2)6-4-7-9-10/h1,8H,4-7,10H2,2H3/t8-/m0/s1. The highest BCUT2D eigenvalue weighted by molar-refractivity contribution is 7.09. The number of hydrogen-bond donors (Lipinski definition) is 0. The molecular weight excluding hydrogens is 143 g/mol. The Bertz CT molecular complexity index is 106. The van der Waals surface area contributed by atoms with E-state index in [1.807, 2.05) is 0 Å². The minimum absolute atomic E-state index is 0.644. The maximum atomic E-state index is 5.15. The summed E-state index contributed by atoms with van der Waals surface area (Å²) in [5, 5.41) is 0. The molecule has 0 aliphatic heterocycles. The molecule has 2 atom stereocenters. The lowest BCUT2D eigenvalue weighted by molar-refractivity contribution is 0.339. The van der Waals surface area contributed by atoms with Gasteiger partial charge in [0.2, 0.25) is 0 Å². The number of hydrogen-bond acceptors (Lipinski definition) is 1. The van der Waals surface area contributed by atoms with E-state index in [2.05, 4.69) is 22.3 Å². The second kappa shape index (κ2) is 7.06. The topological polar surface area (TPSA) is 9.23 Å². The van der Waals surface area contributed by atoms with Crippen molar-refractivity contribution in [2.24, 2.45) is 5.92 Å². The fourth-order valence-electron chi connectivity index (χ4n) is 0.818. The fourth-order valence-corrected chi connectivity index (χ4v) is 0.985. The first-order valence-electron chi connectivity index (χ1n) is 3.56. The van der Waals surface area contributed by atoms with Crippen LogP contribution in [-0.4, -0.2) is 6.61 Å². The third kappa shape index (κ3) is 6.08. The van der Waals surface area contributed by atoms with Gasteiger partial charge in [0, 0.05) is 15.9 Å². The lowest BCUT2D eigenvalue weighted by Gasteiger charge is -2.05. The summed E-state index contributed by atoms with van der Waals surface area (Å²) < 4.78 is 4.84. The van der Waals surface area contributed by atoms with Crippen LogP contribution in [-0.2, 0) is 4.52 Å². The van der Waals surface area contributed by atoms with Crippen molar-refractivity contribution in [3.8, 4) is 12.3 Å². The smallest absolute Gasteiger partial charge is 0.0502 e. The number of rotatable bonds is 5. The zero-order valence-corrected chi connectivity index (χ0v) is 7.62. The molecule has 0 saturated carbocycles. The molecule has 0 aromatic heterocycles. The minimum Gasteiger partial charge on any atom is -0.366 e. The van der Waals surface area contributed by atoms with Gasteiger partial charge in [0.15, 0.2) is 0 Å². The van der Waals surface area contributed by atoms with E-state index in [9.17, 15) is 0 Å². The van der Waals surface area contributed by atoms with E-state index in [1.54, 1.807) is 0 Å². The molecule has 0 aromatic rings. The average molecular weight is 158 g/mol. The van der Waals surface area contributed by atoms with Crippen LogP contribution in [0.25, 0.3) is 0 Å². The van der Waals surface area contributed by atoms with Crippen LogP contribution in [0.3, 0.4) is 0 Å². The Hall–Kier alpha value is -0.0500. The van der Waals surface area contributed by atoms with Crippen molar-refractivity contribution in [1.82, 2.24) is 0 Å². The summed E-state index contributed by atoms with van der Waals surface area (Å²) in [7, 11) is 2.25. The Morgan fingerprint density at radius 3 is 2.90 bits per heavy atom. The van der Waals surface area contributed by atoms with Gasteiger partial charge in [-0.15, -0.1) is 12.3 Å². The summed E-state index contributed by atoms with van der Waals surface area (Å²) in [5.41, 5.74) is 0. The molecule has 2 heteroatoms. The average Bonchev–Trinajstić information content (AvgIpc) is 1.89.